The molecule has 0 aromatic rings. The molecule has 1 atom stereocenters. The molecular weight excluding hydrogens is 272 g/mol. The molecule has 0 aromatic heterocycles. The van der Waals surface area contributed by atoms with E-state index in [9.17, 15) is 14.7 Å². The van der Waals surface area contributed by atoms with Gasteiger partial charge in [0.05, 0.1) is 5.41 Å². The highest BCUT2D eigenvalue weighted by Crippen LogP contribution is 2.32. The van der Waals surface area contributed by atoms with Gasteiger partial charge in [-0.05, 0) is 44.9 Å². The summed E-state index contributed by atoms with van der Waals surface area (Å²) in [5.41, 5.74) is -0.696. The van der Waals surface area contributed by atoms with Crippen molar-refractivity contribution >= 4 is 12.0 Å². The Kier molecular flexibility index (Phi) is 5.08. The normalized spacial score (nSPS) is 25.7. The third kappa shape index (κ3) is 3.67. The maximum absolute atomic E-state index is 12.5. The second-order valence-electron chi connectivity index (χ2n) is 6.60. The van der Waals surface area contributed by atoms with Crippen LogP contribution in [0.5, 0.6) is 0 Å². The largest absolute Gasteiger partial charge is 0.481 e. The van der Waals surface area contributed by atoms with Crippen molar-refractivity contribution in [1.29, 1.82) is 0 Å². The van der Waals surface area contributed by atoms with Crippen LogP contribution in [0.25, 0.3) is 0 Å². The first-order chi connectivity index (χ1) is 9.96. The van der Waals surface area contributed by atoms with Crippen LogP contribution in [0.3, 0.4) is 0 Å². The van der Waals surface area contributed by atoms with Gasteiger partial charge in [0.15, 0.2) is 0 Å². The summed E-state index contributed by atoms with van der Waals surface area (Å²) in [5, 5.41) is 18.3. The number of urea groups is 1. The molecule has 6 heteroatoms. The number of amides is 2. The number of aliphatic carboxylic acids is 1. The van der Waals surface area contributed by atoms with Crippen LogP contribution in [0.1, 0.15) is 39.0 Å². The van der Waals surface area contributed by atoms with Crippen molar-refractivity contribution < 1.29 is 19.8 Å². The zero-order valence-electron chi connectivity index (χ0n) is 12.8. The van der Waals surface area contributed by atoms with Crippen molar-refractivity contribution in [3.8, 4) is 0 Å². The van der Waals surface area contributed by atoms with E-state index in [2.05, 4.69) is 0 Å². The van der Waals surface area contributed by atoms with E-state index in [1.165, 1.54) is 0 Å². The number of aliphatic hydroxyl groups excluding tert-OH is 1. The minimum atomic E-state index is -0.768. The summed E-state index contributed by atoms with van der Waals surface area (Å²) in [6.45, 7) is 4.45. The summed E-state index contributed by atoms with van der Waals surface area (Å²) in [6.07, 6.45) is 3.84. The Morgan fingerprint density at radius 2 is 1.86 bits per heavy atom. The number of piperidine rings is 2. The van der Waals surface area contributed by atoms with E-state index in [1.54, 1.807) is 11.8 Å². The highest BCUT2D eigenvalue weighted by Gasteiger charge is 2.39. The van der Waals surface area contributed by atoms with E-state index >= 15 is 0 Å². The predicted molar refractivity (Wildman–Crippen MR) is 77.9 cm³/mol. The van der Waals surface area contributed by atoms with Gasteiger partial charge in [0.25, 0.3) is 0 Å². The first-order valence-electron chi connectivity index (χ1n) is 7.84. The standard InChI is InChI=1S/C15H26N2O4/c1-15(13(19)20)5-8-16(9-6-15)14(21)17-7-2-3-12(11-17)4-10-18/h12,18H,2-11H2,1H3,(H,19,20). The average Bonchev–Trinajstić information content (AvgIpc) is 2.48. The number of hydrogen-bond donors (Lipinski definition) is 2. The summed E-state index contributed by atoms with van der Waals surface area (Å²) < 4.78 is 0. The first-order valence-corrected chi connectivity index (χ1v) is 7.84. The van der Waals surface area contributed by atoms with E-state index in [0.717, 1.165) is 25.8 Å². The Bertz CT molecular complexity index is 389. The van der Waals surface area contributed by atoms with Crippen LogP contribution < -0.4 is 0 Å². The lowest BCUT2D eigenvalue weighted by Crippen LogP contribution is -2.52. The molecule has 2 N–H and O–H groups in total. The summed E-state index contributed by atoms with van der Waals surface area (Å²) in [6, 6.07) is 0.0325. The molecule has 2 aliphatic rings. The molecule has 0 saturated carbocycles. The maximum Gasteiger partial charge on any atom is 0.320 e. The first kappa shape index (κ1) is 16.1. The second-order valence-corrected chi connectivity index (χ2v) is 6.60. The van der Waals surface area contributed by atoms with Crippen LogP contribution >= 0.6 is 0 Å². The highest BCUT2D eigenvalue weighted by molar-refractivity contribution is 5.77. The summed E-state index contributed by atoms with van der Waals surface area (Å²) >= 11 is 0. The van der Waals surface area contributed by atoms with Gasteiger partial charge < -0.3 is 20.0 Å². The SMILES string of the molecule is CC1(C(=O)O)CCN(C(=O)N2CCCC(CCO)C2)CC1. The van der Waals surface area contributed by atoms with Crippen LogP contribution in [-0.2, 0) is 4.79 Å². The van der Waals surface area contributed by atoms with Gasteiger partial charge in [0.2, 0.25) is 0 Å². The van der Waals surface area contributed by atoms with Crippen LogP contribution in [0.15, 0.2) is 0 Å². The Morgan fingerprint density at radius 3 is 2.43 bits per heavy atom. The van der Waals surface area contributed by atoms with Gasteiger partial charge in [-0.15, -0.1) is 0 Å². The molecule has 120 valence electrons. The van der Waals surface area contributed by atoms with Crippen LogP contribution in [0, 0.1) is 11.3 Å². The number of carboxylic acid groups (broad SMARTS) is 1. The minimum absolute atomic E-state index is 0.0325. The zero-order valence-corrected chi connectivity index (χ0v) is 12.8. The van der Waals surface area contributed by atoms with Crippen LogP contribution in [0.2, 0.25) is 0 Å². The fraction of sp³-hybridized carbons (Fsp3) is 0.867. The molecule has 6 nitrogen and oxygen atoms in total. The van der Waals surface area contributed by atoms with Crippen molar-refractivity contribution in [3.63, 3.8) is 0 Å². The smallest absolute Gasteiger partial charge is 0.320 e. The Balaban J connectivity index is 1.88. The molecule has 2 heterocycles. The van der Waals surface area contributed by atoms with Gasteiger partial charge in [-0.2, -0.15) is 0 Å². The van der Waals surface area contributed by atoms with E-state index in [0.29, 0.717) is 38.4 Å². The molecule has 2 rings (SSSR count). The summed E-state index contributed by atoms with van der Waals surface area (Å²) in [5.74, 6) is -0.377. The number of hydrogen-bond acceptors (Lipinski definition) is 3. The maximum atomic E-state index is 12.5. The molecule has 0 aromatic carbocycles. The summed E-state index contributed by atoms with van der Waals surface area (Å²) in [4.78, 5) is 27.4. The number of likely N-dealkylation sites (tertiary alicyclic amines) is 2. The zero-order chi connectivity index (χ0) is 15.5. The summed E-state index contributed by atoms with van der Waals surface area (Å²) in [7, 11) is 0. The lowest BCUT2D eigenvalue weighted by atomic mass is 9.80. The third-order valence-corrected chi connectivity index (χ3v) is 4.98. The minimum Gasteiger partial charge on any atom is -0.481 e. The predicted octanol–water partition coefficient (Wildman–Crippen LogP) is 1.39. The molecular formula is C15H26N2O4. The van der Waals surface area contributed by atoms with Crippen molar-refractivity contribution in [2.24, 2.45) is 11.3 Å². The van der Waals surface area contributed by atoms with Gasteiger partial charge in [-0.25, -0.2) is 4.79 Å². The van der Waals surface area contributed by atoms with Gasteiger partial charge >= 0.3 is 12.0 Å². The lowest BCUT2D eigenvalue weighted by Gasteiger charge is -2.41. The molecule has 2 saturated heterocycles. The fourth-order valence-corrected chi connectivity index (χ4v) is 3.26. The van der Waals surface area contributed by atoms with Crippen molar-refractivity contribution in [2.45, 2.75) is 39.0 Å². The molecule has 21 heavy (non-hydrogen) atoms. The molecule has 0 aliphatic carbocycles. The van der Waals surface area contributed by atoms with Crippen molar-refractivity contribution in [3.05, 3.63) is 0 Å². The topological polar surface area (TPSA) is 81.1 Å². The average molecular weight is 298 g/mol. The van der Waals surface area contributed by atoms with E-state index < -0.39 is 11.4 Å². The van der Waals surface area contributed by atoms with Crippen molar-refractivity contribution in [1.82, 2.24) is 9.80 Å². The monoisotopic (exact) mass is 298 g/mol. The Hall–Kier alpha value is -1.30. The molecule has 1 unspecified atom stereocenters. The molecule has 0 radical (unpaired) electrons. The lowest BCUT2D eigenvalue weighted by molar-refractivity contribution is -0.150. The van der Waals surface area contributed by atoms with Crippen molar-refractivity contribution in [2.75, 3.05) is 32.8 Å². The van der Waals surface area contributed by atoms with E-state index in [-0.39, 0.29) is 12.6 Å². The fourth-order valence-electron chi connectivity index (χ4n) is 3.26. The van der Waals surface area contributed by atoms with E-state index in [4.69, 9.17) is 5.11 Å². The highest BCUT2D eigenvalue weighted by atomic mass is 16.4. The van der Waals surface area contributed by atoms with Crippen LogP contribution in [0.4, 0.5) is 4.79 Å². The molecule has 2 fully saturated rings. The second kappa shape index (κ2) is 6.64. The third-order valence-electron chi connectivity index (χ3n) is 4.98. The van der Waals surface area contributed by atoms with Gasteiger partial charge in [-0.3, -0.25) is 4.79 Å². The van der Waals surface area contributed by atoms with Gasteiger partial charge in [-0.1, -0.05) is 0 Å². The number of carbonyl (C=O) groups is 2. The molecule has 0 spiro atoms. The number of rotatable bonds is 3. The Labute approximate surface area is 125 Å². The van der Waals surface area contributed by atoms with E-state index in [1.807, 2.05) is 4.90 Å². The quantitative estimate of drug-likeness (QED) is 0.825. The molecule has 2 amide bonds. The number of carboxylic acids is 1. The number of nitrogens with zero attached hydrogens (tertiary/aromatic N) is 2. The molecule has 0 bridgehead atoms. The number of aliphatic hydroxyl groups is 1. The van der Waals surface area contributed by atoms with Crippen LogP contribution in [-0.4, -0.2) is 64.8 Å². The van der Waals surface area contributed by atoms with Gasteiger partial charge in [0.1, 0.15) is 0 Å². The molecule has 2 aliphatic heterocycles. The number of carbonyl (C=O) groups excluding carboxylic acids is 1. The Morgan fingerprint density at radius 1 is 1.19 bits per heavy atom. The van der Waals surface area contributed by atoms with Gasteiger partial charge in [0, 0.05) is 32.8 Å².